The molecule has 0 aromatic heterocycles. The molecular weight excluding hydrogens is 298 g/mol. The molecule has 1 aliphatic carbocycles. The van der Waals surface area contributed by atoms with Gasteiger partial charge in [0.15, 0.2) is 11.6 Å². The second kappa shape index (κ2) is 5.67. The van der Waals surface area contributed by atoms with Crippen LogP contribution in [0.3, 0.4) is 0 Å². The highest BCUT2D eigenvalue weighted by Crippen LogP contribution is 2.37. The lowest BCUT2D eigenvalue weighted by Gasteiger charge is -2.28. The maximum atomic E-state index is 12.7. The normalized spacial score (nSPS) is 16.2. The molecule has 22 heavy (non-hydrogen) atoms. The van der Waals surface area contributed by atoms with Crippen molar-refractivity contribution in [2.75, 3.05) is 14.1 Å². The number of benzene rings is 2. The molecule has 1 unspecified atom stereocenters. The Morgan fingerprint density at radius 3 is 1.86 bits per heavy atom. The molecule has 0 N–H and O–H groups in total. The minimum atomic E-state index is -0.700. The number of fused-ring (bicyclic) bond motifs is 1. The standard InChI is InChI=1S/C18H16ClNO2/c1-20(2)16(11-7-9-12(19)10-8-11)15-17(21)13-5-3-4-6-14(13)18(15)22/h3-10,15-16H,1-2H3. The summed E-state index contributed by atoms with van der Waals surface area (Å²) in [5.41, 5.74) is 1.96. The number of Topliss-reactive ketones (excluding diaryl/α,β-unsaturated/α-hetero) is 2. The zero-order chi connectivity index (χ0) is 15.9. The topological polar surface area (TPSA) is 37.4 Å². The van der Waals surface area contributed by atoms with Crippen molar-refractivity contribution in [1.29, 1.82) is 0 Å². The quantitative estimate of drug-likeness (QED) is 0.812. The summed E-state index contributed by atoms with van der Waals surface area (Å²) in [6, 6.07) is 14.0. The number of nitrogens with zero attached hydrogens (tertiary/aromatic N) is 1. The molecule has 0 bridgehead atoms. The highest BCUT2D eigenvalue weighted by Gasteiger charge is 2.44. The van der Waals surface area contributed by atoms with E-state index in [4.69, 9.17) is 11.6 Å². The summed E-state index contributed by atoms with van der Waals surface area (Å²) in [5.74, 6) is -0.905. The summed E-state index contributed by atoms with van der Waals surface area (Å²) in [4.78, 5) is 27.4. The van der Waals surface area contributed by atoms with Crippen LogP contribution in [0.2, 0.25) is 5.02 Å². The van der Waals surface area contributed by atoms with Gasteiger partial charge in [-0.15, -0.1) is 0 Å². The molecule has 2 aromatic carbocycles. The van der Waals surface area contributed by atoms with E-state index in [1.807, 2.05) is 31.1 Å². The van der Waals surface area contributed by atoms with E-state index in [-0.39, 0.29) is 17.6 Å². The SMILES string of the molecule is CN(C)C(c1ccc(Cl)cc1)C1C(=O)c2ccccc2C1=O. The summed E-state index contributed by atoms with van der Waals surface area (Å²) < 4.78 is 0. The van der Waals surface area contributed by atoms with E-state index in [1.54, 1.807) is 36.4 Å². The number of ketones is 2. The van der Waals surface area contributed by atoms with Crippen LogP contribution in [0.15, 0.2) is 48.5 Å². The third kappa shape index (κ3) is 2.36. The van der Waals surface area contributed by atoms with E-state index in [0.29, 0.717) is 16.1 Å². The monoisotopic (exact) mass is 313 g/mol. The molecule has 3 rings (SSSR count). The van der Waals surface area contributed by atoms with Gasteiger partial charge >= 0.3 is 0 Å². The molecule has 0 saturated carbocycles. The molecule has 0 spiro atoms. The van der Waals surface area contributed by atoms with Crippen LogP contribution in [-0.4, -0.2) is 30.6 Å². The first kappa shape index (κ1) is 14.9. The third-order valence-corrected chi connectivity index (χ3v) is 4.36. The van der Waals surface area contributed by atoms with Crippen LogP contribution in [-0.2, 0) is 0 Å². The van der Waals surface area contributed by atoms with Gasteiger partial charge in [0.25, 0.3) is 0 Å². The molecule has 0 aliphatic heterocycles. The number of rotatable bonds is 3. The lowest BCUT2D eigenvalue weighted by atomic mass is 9.88. The molecule has 2 aromatic rings. The number of hydrogen-bond donors (Lipinski definition) is 0. The van der Waals surface area contributed by atoms with Gasteiger partial charge in [-0.1, -0.05) is 48.0 Å². The first-order valence-electron chi connectivity index (χ1n) is 7.10. The van der Waals surface area contributed by atoms with E-state index in [2.05, 4.69) is 0 Å². The van der Waals surface area contributed by atoms with Crippen LogP contribution in [0.4, 0.5) is 0 Å². The van der Waals surface area contributed by atoms with Crippen molar-refractivity contribution >= 4 is 23.2 Å². The second-order valence-electron chi connectivity index (χ2n) is 5.71. The van der Waals surface area contributed by atoms with Crippen LogP contribution < -0.4 is 0 Å². The molecule has 0 amide bonds. The number of halogens is 1. The largest absolute Gasteiger partial charge is 0.301 e. The zero-order valence-corrected chi connectivity index (χ0v) is 13.2. The predicted molar refractivity (Wildman–Crippen MR) is 86.5 cm³/mol. The summed E-state index contributed by atoms with van der Waals surface area (Å²) in [6.45, 7) is 0. The van der Waals surface area contributed by atoms with Gasteiger partial charge in [0.2, 0.25) is 0 Å². The molecule has 0 heterocycles. The van der Waals surface area contributed by atoms with Crippen molar-refractivity contribution < 1.29 is 9.59 Å². The Morgan fingerprint density at radius 1 is 0.909 bits per heavy atom. The van der Waals surface area contributed by atoms with Gasteiger partial charge in [0, 0.05) is 16.1 Å². The Morgan fingerprint density at radius 2 is 1.41 bits per heavy atom. The van der Waals surface area contributed by atoms with E-state index in [0.717, 1.165) is 5.56 Å². The van der Waals surface area contributed by atoms with Gasteiger partial charge in [-0.3, -0.25) is 9.59 Å². The van der Waals surface area contributed by atoms with Crippen molar-refractivity contribution in [3.05, 3.63) is 70.2 Å². The van der Waals surface area contributed by atoms with Crippen molar-refractivity contribution in [2.24, 2.45) is 5.92 Å². The maximum absolute atomic E-state index is 12.7. The van der Waals surface area contributed by atoms with Gasteiger partial charge in [-0.2, -0.15) is 0 Å². The van der Waals surface area contributed by atoms with E-state index in [9.17, 15) is 9.59 Å². The molecule has 0 radical (unpaired) electrons. The fourth-order valence-electron chi connectivity index (χ4n) is 3.10. The lowest BCUT2D eigenvalue weighted by molar-refractivity contribution is 0.0743. The zero-order valence-electron chi connectivity index (χ0n) is 12.4. The fourth-order valence-corrected chi connectivity index (χ4v) is 3.23. The Bertz CT molecular complexity index is 702. The molecule has 0 saturated heterocycles. The van der Waals surface area contributed by atoms with E-state index >= 15 is 0 Å². The fraction of sp³-hybridized carbons (Fsp3) is 0.222. The van der Waals surface area contributed by atoms with E-state index < -0.39 is 5.92 Å². The average molecular weight is 314 g/mol. The summed E-state index contributed by atoms with van der Waals surface area (Å²) in [5, 5.41) is 0.633. The summed E-state index contributed by atoms with van der Waals surface area (Å²) in [7, 11) is 3.76. The van der Waals surface area contributed by atoms with Crippen molar-refractivity contribution in [2.45, 2.75) is 6.04 Å². The van der Waals surface area contributed by atoms with Crippen LogP contribution >= 0.6 is 11.6 Å². The predicted octanol–water partition coefficient (Wildman–Crippen LogP) is 3.64. The molecule has 4 heteroatoms. The molecule has 112 valence electrons. The highest BCUT2D eigenvalue weighted by atomic mass is 35.5. The van der Waals surface area contributed by atoms with Gasteiger partial charge in [0.1, 0.15) is 5.92 Å². The van der Waals surface area contributed by atoms with E-state index in [1.165, 1.54) is 0 Å². The number of carbonyl (C=O) groups is 2. The minimum absolute atomic E-state index is 0.103. The second-order valence-corrected chi connectivity index (χ2v) is 6.15. The summed E-state index contributed by atoms with van der Waals surface area (Å²) in [6.07, 6.45) is 0. The Kier molecular flexibility index (Phi) is 3.85. The Hall–Kier alpha value is -1.97. The van der Waals surface area contributed by atoms with Gasteiger partial charge in [0.05, 0.1) is 6.04 Å². The lowest BCUT2D eigenvalue weighted by Crippen LogP contribution is -2.33. The molecular formula is C18H16ClNO2. The first-order chi connectivity index (χ1) is 10.5. The molecule has 1 aliphatic rings. The summed E-state index contributed by atoms with van der Waals surface area (Å²) >= 11 is 5.94. The highest BCUT2D eigenvalue weighted by molar-refractivity contribution is 6.30. The van der Waals surface area contributed by atoms with Crippen molar-refractivity contribution in [1.82, 2.24) is 4.90 Å². The van der Waals surface area contributed by atoms with Gasteiger partial charge < -0.3 is 4.90 Å². The third-order valence-electron chi connectivity index (χ3n) is 4.11. The molecule has 0 fully saturated rings. The molecule has 1 atom stereocenters. The van der Waals surface area contributed by atoms with Crippen LogP contribution in [0.5, 0.6) is 0 Å². The van der Waals surface area contributed by atoms with Crippen molar-refractivity contribution in [3.8, 4) is 0 Å². The average Bonchev–Trinajstić information content (AvgIpc) is 2.75. The smallest absolute Gasteiger partial charge is 0.176 e. The molecule has 3 nitrogen and oxygen atoms in total. The van der Waals surface area contributed by atoms with Gasteiger partial charge in [-0.05, 0) is 31.8 Å². The first-order valence-corrected chi connectivity index (χ1v) is 7.48. The maximum Gasteiger partial charge on any atom is 0.176 e. The van der Waals surface area contributed by atoms with Gasteiger partial charge in [-0.25, -0.2) is 0 Å². The number of carbonyl (C=O) groups excluding carboxylic acids is 2. The Balaban J connectivity index is 2.06. The van der Waals surface area contributed by atoms with Crippen molar-refractivity contribution in [3.63, 3.8) is 0 Å². The number of hydrogen-bond acceptors (Lipinski definition) is 3. The van der Waals surface area contributed by atoms with Crippen LogP contribution in [0.1, 0.15) is 32.3 Å². The Labute approximate surface area is 134 Å². The van der Waals surface area contributed by atoms with Crippen LogP contribution in [0.25, 0.3) is 0 Å². The van der Waals surface area contributed by atoms with Crippen LogP contribution in [0, 0.1) is 5.92 Å². The minimum Gasteiger partial charge on any atom is -0.301 e.